The van der Waals surface area contributed by atoms with Crippen molar-refractivity contribution in [1.29, 1.82) is 0 Å². The molecule has 0 aromatic heterocycles. The van der Waals surface area contributed by atoms with Crippen LogP contribution >= 0.6 is 9.90 Å². The summed E-state index contributed by atoms with van der Waals surface area (Å²) in [5.41, 5.74) is 0. The fraction of sp³-hybridized carbons (Fsp3) is 0. The van der Waals surface area contributed by atoms with Crippen LogP contribution in [0.15, 0.2) is 0 Å². The molecule has 8 heteroatoms. The fourth-order valence-electron chi connectivity index (χ4n) is 0. The van der Waals surface area contributed by atoms with Crippen molar-refractivity contribution in [3.05, 3.63) is 0 Å². The molecule has 0 rings (SSSR count). The van der Waals surface area contributed by atoms with Gasteiger partial charge in [0.15, 0.2) is 0 Å². The first-order valence-electron chi connectivity index (χ1n) is 0. The zero-order chi connectivity index (χ0) is 0. The molecule has 8 heavy (non-hydrogen) atoms. The van der Waals surface area contributed by atoms with Crippen LogP contribution < -0.4 is 0 Å². The van der Waals surface area contributed by atoms with Gasteiger partial charge in [-0.25, -0.2) is 0 Å². The molecule has 0 saturated carbocycles. The standard InChI is InChI=1S/Fe.Ga.K.Mg.Mn.Ni.H3P.Pb.8H/h;;;;;;1H3;;;;;;;;;. The molecule has 0 aromatic carbocycles. The van der Waals surface area contributed by atoms with Gasteiger partial charge in [0.2, 0.25) is 0 Å². The van der Waals surface area contributed by atoms with Gasteiger partial charge in [0.25, 0.3) is 0 Å². The Balaban J connectivity index is 0. The summed E-state index contributed by atoms with van der Waals surface area (Å²) in [5.74, 6) is 0. The Labute approximate surface area is 177 Å². The van der Waals surface area contributed by atoms with Gasteiger partial charge in [0.05, 0.1) is 0 Å². The summed E-state index contributed by atoms with van der Waals surface area (Å²) in [7, 11) is 0. The quantitative estimate of drug-likeness (QED) is 0.216. The normalized spacial score (nSPS) is 0. The summed E-state index contributed by atoms with van der Waals surface area (Å²) in [6, 6.07) is 0. The zero-order valence-corrected chi connectivity index (χ0v) is 12.6. The predicted molar refractivity (Wildman–Crippen MR) is 45.3 cm³/mol. The van der Waals surface area contributed by atoms with Gasteiger partial charge in [-0.3, -0.25) is 0 Å². The van der Waals surface area contributed by atoms with E-state index in [0.717, 1.165) is 0 Å². The molecular weight excluding hydrogens is 541 g/mol. The molecular formula is H11FeGaKMgMnNiPPb. The minimum absolute atomic E-state index is 0. The summed E-state index contributed by atoms with van der Waals surface area (Å²) in [5, 5.41) is 0. The Morgan fingerprint density at radius 3 is 1.00 bits per heavy atom. The third-order valence-corrected chi connectivity index (χ3v) is 0. The number of hydrogen-bond donors (Lipinski definition) is 0. The van der Waals surface area contributed by atoms with Gasteiger partial charge in [0, 0.05) is 50.6 Å². The van der Waals surface area contributed by atoms with E-state index in [0.29, 0.717) is 0 Å². The second kappa shape index (κ2) is 52.4. The maximum atomic E-state index is 0. The van der Waals surface area contributed by atoms with E-state index in [2.05, 4.69) is 0 Å². The molecule has 0 bridgehead atoms. The molecule has 0 aliphatic heterocycles. The van der Waals surface area contributed by atoms with E-state index in [1.807, 2.05) is 0 Å². The Kier molecular flexibility index (Phi) is 434. The molecule has 0 aliphatic carbocycles. The van der Waals surface area contributed by atoms with Crippen LogP contribution in [0.1, 0.15) is 0 Å². The molecule has 0 nitrogen and oxygen atoms in total. The number of hydrogen-bond acceptors (Lipinski definition) is 0. The monoisotopic (exact) mass is 551 g/mol. The van der Waals surface area contributed by atoms with Crippen molar-refractivity contribution in [2.45, 2.75) is 0 Å². The summed E-state index contributed by atoms with van der Waals surface area (Å²) in [6.45, 7) is 0. The van der Waals surface area contributed by atoms with Crippen molar-refractivity contribution in [3.63, 3.8) is 0 Å². The zero-order valence-electron chi connectivity index (χ0n) is 2.46. The molecule has 0 heterocycles. The summed E-state index contributed by atoms with van der Waals surface area (Å²) in [4.78, 5) is 0. The molecule has 51 valence electrons. The van der Waals surface area contributed by atoms with Crippen LogP contribution in [0, 0.1) is 0 Å². The third kappa shape index (κ3) is 40.5. The first-order chi connectivity index (χ1) is 0. The van der Waals surface area contributed by atoms with Crippen molar-refractivity contribution < 1.29 is 50.6 Å². The fourth-order valence-corrected chi connectivity index (χ4v) is 0. The van der Waals surface area contributed by atoms with Crippen LogP contribution in [-0.4, -0.2) is 122 Å². The molecule has 0 aliphatic rings. The van der Waals surface area contributed by atoms with E-state index in [1.54, 1.807) is 0 Å². The SMILES string of the molecule is P.[Fe].[GaH3].[KH].[MgH2].[Mn].[Ni].[PbH2]. The molecule has 0 aromatic rings. The minimum atomic E-state index is 0. The van der Waals surface area contributed by atoms with Crippen LogP contribution in [-0.2, 0) is 50.6 Å². The Morgan fingerprint density at radius 1 is 1.00 bits per heavy atom. The van der Waals surface area contributed by atoms with Crippen LogP contribution in [0.5, 0.6) is 0 Å². The van der Waals surface area contributed by atoms with Crippen molar-refractivity contribution in [1.82, 2.24) is 0 Å². The van der Waals surface area contributed by atoms with Gasteiger partial charge in [-0.2, -0.15) is 9.90 Å². The second-order valence-electron chi connectivity index (χ2n) is 0. The molecule has 1 atom stereocenters. The molecule has 1 unspecified atom stereocenters. The molecule has 0 N–H and O–H groups in total. The third-order valence-electron chi connectivity index (χ3n) is 0. The van der Waals surface area contributed by atoms with Crippen molar-refractivity contribution >= 4 is 131 Å². The Bertz CT molecular complexity index is 24.0. The second-order valence-corrected chi connectivity index (χ2v) is 0. The van der Waals surface area contributed by atoms with Crippen molar-refractivity contribution in [2.75, 3.05) is 0 Å². The van der Waals surface area contributed by atoms with Gasteiger partial charge >= 0.3 is 122 Å². The topological polar surface area (TPSA) is 0 Å². The van der Waals surface area contributed by atoms with Gasteiger partial charge < -0.3 is 0 Å². The van der Waals surface area contributed by atoms with E-state index < -0.39 is 0 Å². The molecule has 0 saturated heterocycles. The molecule has 0 spiro atoms. The molecule has 3 radical (unpaired) electrons. The van der Waals surface area contributed by atoms with E-state index in [1.165, 1.54) is 0 Å². The van der Waals surface area contributed by atoms with Gasteiger partial charge in [-0.05, 0) is 0 Å². The summed E-state index contributed by atoms with van der Waals surface area (Å²) in [6.07, 6.45) is 0. The summed E-state index contributed by atoms with van der Waals surface area (Å²) < 4.78 is 0. The van der Waals surface area contributed by atoms with E-state index in [-0.39, 0.29) is 182 Å². The summed E-state index contributed by atoms with van der Waals surface area (Å²) >= 11 is 0. The van der Waals surface area contributed by atoms with Crippen molar-refractivity contribution in [3.8, 4) is 0 Å². The maximum absolute atomic E-state index is 0. The van der Waals surface area contributed by atoms with Gasteiger partial charge in [0.1, 0.15) is 0 Å². The predicted octanol–water partition coefficient (Wildman–Crippen LogP) is -3.61. The average Bonchev–Trinajstić information content (AvgIpc) is 0. The van der Waals surface area contributed by atoms with Crippen LogP contribution in [0.3, 0.4) is 0 Å². The van der Waals surface area contributed by atoms with Crippen molar-refractivity contribution in [2.24, 2.45) is 0 Å². The number of rotatable bonds is 0. The van der Waals surface area contributed by atoms with E-state index >= 15 is 0 Å². The molecule has 0 amide bonds. The van der Waals surface area contributed by atoms with E-state index in [4.69, 9.17) is 0 Å². The first-order valence-corrected chi connectivity index (χ1v) is 0. The average molecular weight is 552 g/mol. The molecule has 0 fully saturated rings. The van der Waals surface area contributed by atoms with E-state index in [9.17, 15) is 0 Å². The van der Waals surface area contributed by atoms with Crippen LogP contribution in [0.2, 0.25) is 0 Å². The Hall–Kier alpha value is 5.92. The van der Waals surface area contributed by atoms with Crippen LogP contribution in [0.4, 0.5) is 0 Å². The van der Waals surface area contributed by atoms with Gasteiger partial charge in [-0.1, -0.05) is 0 Å². The Morgan fingerprint density at radius 2 is 1.00 bits per heavy atom. The first kappa shape index (κ1) is 66.3. The van der Waals surface area contributed by atoms with Gasteiger partial charge in [-0.15, -0.1) is 0 Å². The van der Waals surface area contributed by atoms with Crippen LogP contribution in [0.25, 0.3) is 0 Å².